The van der Waals surface area contributed by atoms with E-state index >= 15 is 0 Å². The third-order valence-corrected chi connectivity index (χ3v) is 6.10. The molecule has 0 heterocycles. The molecule has 0 aliphatic rings. The van der Waals surface area contributed by atoms with E-state index in [0.29, 0.717) is 0 Å². The number of carbonyl (C=O) groups excluding carboxylic acids is 1. The van der Waals surface area contributed by atoms with Gasteiger partial charge in [0.15, 0.2) is 0 Å². The van der Waals surface area contributed by atoms with Crippen LogP contribution in [0.25, 0.3) is 0 Å². The standard InChI is InChI=1S/C24H25FN2O3S/c1-18-9-8-13-20(15-18)24(19-10-4-3-5-11-19)26-23(28)17-27(31(2,29)30)16-21-12-6-7-14-22(21)25/h3-15,24H,16-17H2,1-2H3,(H,26,28)/t24-/m0/s1. The molecule has 1 N–H and O–H groups in total. The molecule has 0 aliphatic carbocycles. The van der Waals surface area contributed by atoms with Gasteiger partial charge in [-0.3, -0.25) is 4.79 Å². The van der Waals surface area contributed by atoms with Crippen molar-refractivity contribution in [3.05, 3.63) is 107 Å². The monoisotopic (exact) mass is 440 g/mol. The Morgan fingerprint density at radius 3 is 2.26 bits per heavy atom. The smallest absolute Gasteiger partial charge is 0.236 e. The van der Waals surface area contributed by atoms with Crippen LogP contribution in [0.1, 0.15) is 28.3 Å². The van der Waals surface area contributed by atoms with E-state index in [1.54, 1.807) is 6.07 Å². The van der Waals surface area contributed by atoms with E-state index in [2.05, 4.69) is 5.32 Å². The van der Waals surface area contributed by atoms with Gasteiger partial charge in [0.2, 0.25) is 15.9 Å². The van der Waals surface area contributed by atoms with Gasteiger partial charge >= 0.3 is 0 Å². The van der Waals surface area contributed by atoms with E-state index in [-0.39, 0.29) is 12.1 Å². The second kappa shape index (κ2) is 9.85. The van der Waals surface area contributed by atoms with Crippen LogP contribution in [0.15, 0.2) is 78.9 Å². The molecular formula is C24H25FN2O3S. The lowest BCUT2D eigenvalue weighted by molar-refractivity contribution is -0.121. The van der Waals surface area contributed by atoms with Gasteiger partial charge in [-0.25, -0.2) is 12.8 Å². The highest BCUT2D eigenvalue weighted by Crippen LogP contribution is 2.23. The van der Waals surface area contributed by atoms with Crippen LogP contribution in [-0.4, -0.2) is 31.4 Å². The number of halogens is 1. The average molecular weight is 441 g/mol. The molecule has 1 atom stereocenters. The molecule has 31 heavy (non-hydrogen) atoms. The SMILES string of the molecule is Cc1cccc([C@@H](NC(=O)CN(Cc2ccccc2F)S(C)(=O)=O)c2ccccc2)c1. The Kier molecular flexibility index (Phi) is 7.20. The largest absolute Gasteiger partial charge is 0.344 e. The maximum Gasteiger partial charge on any atom is 0.236 e. The van der Waals surface area contributed by atoms with Crippen LogP contribution in [0.2, 0.25) is 0 Å². The molecule has 0 unspecified atom stereocenters. The Bertz CT molecular complexity index is 1150. The fraction of sp³-hybridized carbons (Fsp3) is 0.208. The number of hydrogen-bond acceptors (Lipinski definition) is 3. The highest BCUT2D eigenvalue weighted by Gasteiger charge is 2.24. The summed E-state index contributed by atoms with van der Waals surface area (Å²) in [6.45, 7) is 1.33. The van der Waals surface area contributed by atoms with Crippen molar-refractivity contribution in [3.8, 4) is 0 Å². The second-order valence-electron chi connectivity index (χ2n) is 7.45. The molecule has 3 rings (SSSR count). The molecule has 5 nitrogen and oxygen atoms in total. The van der Waals surface area contributed by atoms with Crippen LogP contribution >= 0.6 is 0 Å². The zero-order valence-corrected chi connectivity index (χ0v) is 18.3. The zero-order chi connectivity index (χ0) is 22.4. The predicted molar refractivity (Wildman–Crippen MR) is 119 cm³/mol. The van der Waals surface area contributed by atoms with Crippen molar-refractivity contribution in [2.75, 3.05) is 12.8 Å². The zero-order valence-electron chi connectivity index (χ0n) is 17.5. The van der Waals surface area contributed by atoms with E-state index < -0.39 is 34.3 Å². The summed E-state index contributed by atoms with van der Waals surface area (Å²) < 4.78 is 39.6. The summed E-state index contributed by atoms with van der Waals surface area (Å²) in [5.74, 6) is -0.990. The fourth-order valence-corrected chi connectivity index (χ4v) is 4.05. The number of hydrogen-bond donors (Lipinski definition) is 1. The van der Waals surface area contributed by atoms with Crippen LogP contribution in [0.4, 0.5) is 4.39 Å². The first-order valence-corrected chi connectivity index (χ1v) is 11.7. The highest BCUT2D eigenvalue weighted by atomic mass is 32.2. The average Bonchev–Trinajstić information content (AvgIpc) is 2.73. The van der Waals surface area contributed by atoms with Gasteiger partial charge in [-0.1, -0.05) is 78.4 Å². The normalized spacial score (nSPS) is 12.5. The summed E-state index contributed by atoms with van der Waals surface area (Å²) in [4.78, 5) is 12.9. The summed E-state index contributed by atoms with van der Waals surface area (Å²) in [7, 11) is -3.74. The first-order chi connectivity index (χ1) is 14.7. The maximum atomic E-state index is 14.0. The third-order valence-electron chi connectivity index (χ3n) is 4.91. The molecule has 0 saturated carbocycles. The maximum absolute atomic E-state index is 14.0. The Labute approximate surface area is 182 Å². The van der Waals surface area contributed by atoms with Gasteiger partial charge in [0.1, 0.15) is 5.82 Å². The molecule has 7 heteroatoms. The molecule has 0 aromatic heterocycles. The van der Waals surface area contributed by atoms with Crippen molar-refractivity contribution >= 4 is 15.9 Å². The van der Waals surface area contributed by atoms with Crippen molar-refractivity contribution in [1.29, 1.82) is 0 Å². The van der Waals surface area contributed by atoms with Crippen molar-refractivity contribution < 1.29 is 17.6 Å². The molecule has 0 radical (unpaired) electrons. The van der Waals surface area contributed by atoms with E-state index in [9.17, 15) is 17.6 Å². The number of aryl methyl sites for hydroxylation is 1. The van der Waals surface area contributed by atoms with E-state index in [1.807, 2.05) is 61.5 Å². The first-order valence-electron chi connectivity index (χ1n) is 9.83. The van der Waals surface area contributed by atoms with Crippen LogP contribution in [0.3, 0.4) is 0 Å². The van der Waals surface area contributed by atoms with E-state index in [4.69, 9.17) is 0 Å². The van der Waals surface area contributed by atoms with Gasteiger partial charge in [0, 0.05) is 12.1 Å². The minimum absolute atomic E-state index is 0.207. The number of amides is 1. The van der Waals surface area contributed by atoms with Crippen molar-refractivity contribution in [2.45, 2.75) is 19.5 Å². The summed E-state index contributed by atoms with van der Waals surface area (Å²) in [5, 5.41) is 2.94. The van der Waals surface area contributed by atoms with Crippen LogP contribution in [0, 0.1) is 12.7 Å². The molecule has 162 valence electrons. The number of carbonyl (C=O) groups is 1. The molecule has 1 amide bonds. The number of nitrogens with one attached hydrogen (secondary N) is 1. The van der Waals surface area contributed by atoms with Crippen molar-refractivity contribution in [1.82, 2.24) is 9.62 Å². The van der Waals surface area contributed by atoms with Crippen LogP contribution < -0.4 is 5.32 Å². The Morgan fingerprint density at radius 1 is 0.968 bits per heavy atom. The summed E-state index contributed by atoms with van der Waals surface area (Å²) >= 11 is 0. The minimum Gasteiger partial charge on any atom is -0.344 e. The second-order valence-corrected chi connectivity index (χ2v) is 9.43. The van der Waals surface area contributed by atoms with Crippen molar-refractivity contribution in [2.24, 2.45) is 0 Å². The Balaban J connectivity index is 1.84. The van der Waals surface area contributed by atoms with Gasteiger partial charge in [0.25, 0.3) is 0 Å². The van der Waals surface area contributed by atoms with Gasteiger partial charge in [0.05, 0.1) is 18.8 Å². The van der Waals surface area contributed by atoms with E-state index in [0.717, 1.165) is 27.3 Å². The summed E-state index contributed by atoms with van der Waals surface area (Å²) in [5.41, 5.74) is 3.02. The third kappa shape index (κ3) is 6.23. The highest BCUT2D eigenvalue weighted by molar-refractivity contribution is 7.88. The lowest BCUT2D eigenvalue weighted by atomic mass is 9.97. The lowest BCUT2D eigenvalue weighted by Gasteiger charge is -2.24. The molecule has 3 aromatic rings. The number of benzene rings is 3. The molecule has 0 fully saturated rings. The van der Waals surface area contributed by atoms with Crippen molar-refractivity contribution in [3.63, 3.8) is 0 Å². The molecular weight excluding hydrogens is 415 g/mol. The molecule has 0 aliphatic heterocycles. The number of sulfonamides is 1. The Hall–Kier alpha value is -3.03. The lowest BCUT2D eigenvalue weighted by Crippen LogP contribution is -2.41. The molecule has 0 spiro atoms. The molecule has 0 bridgehead atoms. The minimum atomic E-state index is -3.74. The van der Waals surface area contributed by atoms with Crippen LogP contribution in [0.5, 0.6) is 0 Å². The van der Waals surface area contributed by atoms with Gasteiger partial charge in [-0.15, -0.1) is 0 Å². The van der Waals surface area contributed by atoms with Crippen LogP contribution in [-0.2, 0) is 21.4 Å². The predicted octanol–water partition coefficient (Wildman–Crippen LogP) is 3.80. The summed E-state index contributed by atoms with van der Waals surface area (Å²) in [6, 6.07) is 22.7. The topological polar surface area (TPSA) is 66.5 Å². The fourth-order valence-electron chi connectivity index (χ4n) is 3.33. The van der Waals surface area contributed by atoms with Gasteiger partial charge in [-0.05, 0) is 24.1 Å². The quantitative estimate of drug-likeness (QED) is 0.579. The molecule has 0 saturated heterocycles. The number of rotatable bonds is 8. The first kappa shape index (κ1) is 22.7. The number of nitrogens with zero attached hydrogens (tertiary/aromatic N) is 1. The van der Waals surface area contributed by atoms with Gasteiger partial charge in [-0.2, -0.15) is 4.31 Å². The molecule has 3 aromatic carbocycles. The van der Waals surface area contributed by atoms with E-state index in [1.165, 1.54) is 18.2 Å². The summed E-state index contributed by atoms with van der Waals surface area (Å²) in [6.07, 6.45) is 1.01. The van der Waals surface area contributed by atoms with Gasteiger partial charge < -0.3 is 5.32 Å². The Morgan fingerprint density at radius 2 is 1.61 bits per heavy atom.